The fourth-order valence-corrected chi connectivity index (χ4v) is 3.97. The number of nitrogens with zero attached hydrogens (tertiary/aromatic N) is 4. The van der Waals surface area contributed by atoms with Crippen LogP contribution in [0.3, 0.4) is 0 Å². The highest BCUT2D eigenvalue weighted by Crippen LogP contribution is 2.42. The second-order valence-corrected chi connectivity index (χ2v) is 7.86. The molecular formula is C22H16F4N4O2S. The van der Waals surface area contributed by atoms with E-state index in [9.17, 15) is 18.0 Å². The minimum atomic E-state index is -5.15. The third-order valence-corrected chi connectivity index (χ3v) is 5.38. The number of hydrogen-bond acceptors (Lipinski definition) is 5. The van der Waals surface area contributed by atoms with Crippen molar-refractivity contribution >= 4 is 34.6 Å². The maximum absolute atomic E-state index is 15.0. The number of benzene rings is 2. The third kappa shape index (κ3) is 4.20. The average Bonchev–Trinajstić information content (AvgIpc) is 2.92. The van der Waals surface area contributed by atoms with Crippen LogP contribution < -0.4 is 14.5 Å². The summed E-state index contributed by atoms with van der Waals surface area (Å²) in [5.74, 6) is -2.03. The number of carbonyl (C=O) groups excluding carboxylic acids is 1. The number of ether oxygens (including phenoxy) is 1. The quantitative estimate of drug-likeness (QED) is 0.346. The fourth-order valence-electron chi connectivity index (χ4n) is 3.45. The zero-order valence-electron chi connectivity index (χ0n) is 17.4. The maximum atomic E-state index is 15.0. The molecule has 11 heteroatoms. The van der Waals surface area contributed by atoms with E-state index >= 15 is 4.39 Å². The van der Waals surface area contributed by atoms with Crippen LogP contribution in [0.4, 0.5) is 28.9 Å². The van der Waals surface area contributed by atoms with Crippen LogP contribution in [0.5, 0.6) is 5.75 Å². The van der Waals surface area contributed by atoms with Crippen LogP contribution in [-0.4, -0.2) is 23.2 Å². The fraction of sp³-hybridized carbons (Fsp3) is 0.273. The minimum absolute atomic E-state index is 0.190. The van der Waals surface area contributed by atoms with E-state index in [1.54, 1.807) is 24.3 Å². The van der Waals surface area contributed by atoms with E-state index in [-0.39, 0.29) is 18.1 Å². The summed E-state index contributed by atoms with van der Waals surface area (Å²) < 4.78 is 60.7. The highest BCUT2D eigenvalue weighted by atomic mass is 32.1. The Morgan fingerprint density at radius 1 is 1.12 bits per heavy atom. The van der Waals surface area contributed by atoms with Gasteiger partial charge in [0, 0.05) is 5.69 Å². The maximum Gasteiger partial charge on any atom is 0.420 e. The first-order valence-electron chi connectivity index (χ1n) is 9.53. The van der Waals surface area contributed by atoms with Gasteiger partial charge in [-0.2, -0.15) is 23.7 Å². The van der Waals surface area contributed by atoms with E-state index in [2.05, 4.69) is 0 Å². The minimum Gasteiger partial charge on any atom is -0.493 e. The molecule has 0 atom stereocenters. The number of amides is 1. The van der Waals surface area contributed by atoms with Crippen molar-refractivity contribution in [1.82, 2.24) is 0 Å². The van der Waals surface area contributed by atoms with Crippen molar-refractivity contribution in [1.29, 1.82) is 10.5 Å². The molecule has 6 nitrogen and oxygen atoms in total. The molecule has 2 aromatic rings. The van der Waals surface area contributed by atoms with Gasteiger partial charge in [0.05, 0.1) is 29.8 Å². The third-order valence-electron chi connectivity index (χ3n) is 5.01. The molecule has 1 heterocycles. The monoisotopic (exact) mass is 476 g/mol. The van der Waals surface area contributed by atoms with Crippen molar-refractivity contribution in [3.05, 3.63) is 53.3 Å². The van der Waals surface area contributed by atoms with Crippen LogP contribution in [0.1, 0.15) is 31.4 Å². The van der Waals surface area contributed by atoms with Gasteiger partial charge in [-0.3, -0.25) is 9.69 Å². The highest BCUT2D eigenvalue weighted by molar-refractivity contribution is 7.81. The molecule has 2 aromatic carbocycles. The molecule has 0 unspecified atom stereocenters. The van der Waals surface area contributed by atoms with Crippen molar-refractivity contribution in [3.8, 4) is 17.9 Å². The van der Waals surface area contributed by atoms with Crippen LogP contribution in [0.2, 0.25) is 0 Å². The van der Waals surface area contributed by atoms with Gasteiger partial charge in [-0.15, -0.1) is 0 Å². The molecule has 170 valence electrons. The Hall–Kier alpha value is -3.70. The van der Waals surface area contributed by atoms with Crippen LogP contribution in [0.25, 0.3) is 0 Å². The van der Waals surface area contributed by atoms with Gasteiger partial charge in [0.2, 0.25) is 0 Å². The Morgan fingerprint density at radius 3 is 2.30 bits per heavy atom. The van der Waals surface area contributed by atoms with Crippen molar-refractivity contribution in [3.63, 3.8) is 0 Å². The molecule has 0 radical (unpaired) electrons. The molecule has 0 aliphatic carbocycles. The lowest BCUT2D eigenvalue weighted by molar-refractivity contribution is -0.140. The molecule has 0 N–H and O–H groups in total. The molecule has 1 fully saturated rings. The molecule has 1 saturated heterocycles. The lowest BCUT2D eigenvalue weighted by Gasteiger charge is -2.29. The van der Waals surface area contributed by atoms with Crippen LogP contribution in [-0.2, 0) is 11.0 Å². The largest absolute Gasteiger partial charge is 0.493 e. The van der Waals surface area contributed by atoms with Crippen molar-refractivity contribution in [2.75, 3.05) is 16.4 Å². The summed E-state index contributed by atoms with van der Waals surface area (Å²) >= 11 is 5.38. The lowest BCUT2D eigenvalue weighted by Crippen LogP contribution is -2.44. The molecule has 1 aliphatic heterocycles. The van der Waals surface area contributed by atoms with Crippen molar-refractivity contribution in [2.24, 2.45) is 0 Å². The summed E-state index contributed by atoms with van der Waals surface area (Å²) in [5, 5.41) is 17.3. The summed E-state index contributed by atoms with van der Waals surface area (Å²) in [6.07, 6.45) is -4.95. The van der Waals surface area contributed by atoms with E-state index in [1.807, 2.05) is 6.07 Å². The van der Waals surface area contributed by atoms with Crippen LogP contribution in [0.15, 0.2) is 36.4 Å². The molecule has 3 rings (SSSR count). The average molecular weight is 476 g/mol. The molecule has 0 aromatic heterocycles. The van der Waals surface area contributed by atoms with Gasteiger partial charge in [0.1, 0.15) is 23.5 Å². The first-order valence-corrected chi connectivity index (χ1v) is 9.94. The number of rotatable bonds is 5. The molecule has 33 heavy (non-hydrogen) atoms. The number of nitriles is 2. The first kappa shape index (κ1) is 24.0. The second-order valence-electron chi connectivity index (χ2n) is 7.50. The van der Waals surface area contributed by atoms with Gasteiger partial charge in [-0.05, 0) is 62.5 Å². The van der Waals surface area contributed by atoms with E-state index in [0.29, 0.717) is 16.3 Å². The number of thiocarbonyl (C=S) groups is 1. The zero-order chi connectivity index (χ0) is 24.6. The number of halogens is 4. The number of alkyl halides is 3. The summed E-state index contributed by atoms with van der Waals surface area (Å²) in [5.41, 5.74) is -4.27. The standard InChI is InChI=1S/C22H16F4N4O2S/c1-21(2)19(31)29(16-9-4-13(12-28)17(18(16)23)22(24,25)26)20(33)30(21)14-5-7-15(8-6-14)32-11-3-10-27/h4-9H,3,11H2,1-2H3. The van der Waals surface area contributed by atoms with Gasteiger partial charge in [-0.25, -0.2) is 4.39 Å². The molecule has 1 aliphatic rings. The molecule has 0 saturated carbocycles. The van der Waals surface area contributed by atoms with Crippen LogP contribution in [0, 0.1) is 28.5 Å². The Bertz CT molecular complexity index is 1200. The van der Waals surface area contributed by atoms with Crippen LogP contribution >= 0.6 is 12.2 Å². The van der Waals surface area contributed by atoms with Gasteiger partial charge >= 0.3 is 6.18 Å². The number of hydrogen-bond donors (Lipinski definition) is 0. The van der Waals surface area contributed by atoms with Crippen molar-refractivity contribution in [2.45, 2.75) is 32.0 Å². The normalized spacial score (nSPS) is 15.4. The molecule has 1 amide bonds. The Kier molecular flexibility index (Phi) is 6.30. The van der Waals surface area contributed by atoms with E-state index in [0.717, 1.165) is 12.1 Å². The predicted octanol–water partition coefficient (Wildman–Crippen LogP) is 4.93. The Labute approximate surface area is 192 Å². The predicted molar refractivity (Wildman–Crippen MR) is 115 cm³/mol. The van der Waals surface area contributed by atoms with E-state index < -0.39 is 40.3 Å². The van der Waals surface area contributed by atoms with Gasteiger partial charge < -0.3 is 9.64 Å². The van der Waals surface area contributed by atoms with Gasteiger partial charge in [0.15, 0.2) is 10.9 Å². The highest BCUT2D eigenvalue weighted by Gasteiger charge is 2.52. The van der Waals surface area contributed by atoms with Gasteiger partial charge in [-0.1, -0.05) is 0 Å². The zero-order valence-corrected chi connectivity index (χ0v) is 18.2. The topological polar surface area (TPSA) is 80.4 Å². The smallest absolute Gasteiger partial charge is 0.420 e. The lowest BCUT2D eigenvalue weighted by atomic mass is 10.0. The van der Waals surface area contributed by atoms with Crippen molar-refractivity contribution < 1.29 is 27.1 Å². The number of carbonyl (C=O) groups is 1. The number of anilines is 2. The van der Waals surface area contributed by atoms with E-state index in [4.69, 9.17) is 27.5 Å². The Morgan fingerprint density at radius 2 is 1.76 bits per heavy atom. The summed E-state index contributed by atoms with van der Waals surface area (Å²) in [6, 6.07) is 11.3. The van der Waals surface area contributed by atoms with Gasteiger partial charge in [0.25, 0.3) is 5.91 Å². The summed E-state index contributed by atoms with van der Waals surface area (Å²) in [6.45, 7) is 3.20. The second kappa shape index (κ2) is 8.68. The Balaban J connectivity index is 2.03. The molecule has 0 spiro atoms. The SMILES string of the molecule is CC1(C)C(=O)N(c2ccc(C#N)c(C(F)(F)F)c2F)C(=S)N1c1ccc(OCCC#N)cc1. The summed E-state index contributed by atoms with van der Waals surface area (Å²) in [7, 11) is 0. The van der Waals surface area contributed by atoms with E-state index in [1.165, 1.54) is 24.8 Å². The molecule has 0 bridgehead atoms. The summed E-state index contributed by atoms with van der Waals surface area (Å²) in [4.78, 5) is 15.3. The first-order chi connectivity index (χ1) is 15.4. The molecular weight excluding hydrogens is 460 g/mol.